The van der Waals surface area contributed by atoms with Crippen molar-refractivity contribution in [1.29, 1.82) is 0 Å². The second-order valence-corrected chi connectivity index (χ2v) is 4.84. The molecule has 0 aliphatic heterocycles. The predicted molar refractivity (Wildman–Crippen MR) is 86.0 cm³/mol. The number of benzene rings is 2. The average molecular weight is 292 g/mol. The van der Waals surface area contributed by atoms with Crippen LogP contribution in [-0.4, -0.2) is 11.7 Å². The van der Waals surface area contributed by atoms with E-state index < -0.39 is 5.60 Å². The number of halogens is 1. The highest BCUT2D eigenvalue weighted by Gasteiger charge is 2.38. The van der Waals surface area contributed by atoms with Crippen molar-refractivity contribution in [1.82, 2.24) is 0 Å². The van der Waals surface area contributed by atoms with Crippen LogP contribution in [0.5, 0.6) is 0 Å². The van der Waals surface area contributed by atoms with E-state index in [9.17, 15) is 5.11 Å². The largest absolute Gasteiger partial charge is 0.380 e. The van der Waals surface area contributed by atoms with Gasteiger partial charge >= 0.3 is 0 Å². The number of hydrogen-bond donors (Lipinski definition) is 2. The molecule has 0 bridgehead atoms. The van der Waals surface area contributed by atoms with Gasteiger partial charge in [-0.3, -0.25) is 0 Å². The molecule has 0 radical (unpaired) electrons. The maximum Gasteiger partial charge on any atom is 0.119 e. The van der Waals surface area contributed by atoms with Gasteiger partial charge in [0.15, 0.2) is 0 Å². The molecular formula is C17H22ClNO. The van der Waals surface area contributed by atoms with Gasteiger partial charge in [0.2, 0.25) is 0 Å². The lowest BCUT2D eigenvalue weighted by atomic mass is 9.75. The molecule has 0 aliphatic carbocycles. The van der Waals surface area contributed by atoms with Crippen LogP contribution in [0.3, 0.4) is 0 Å². The highest BCUT2D eigenvalue weighted by atomic mass is 35.5. The summed E-state index contributed by atoms with van der Waals surface area (Å²) in [4.78, 5) is 0. The highest BCUT2D eigenvalue weighted by Crippen LogP contribution is 2.37. The summed E-state index contributed by atoms with van der Waals surface area (Å²) in [5, 5.41) is 11.3. The van der Waals surface area contributed by atoms with Gasteiger partial charge in [-0.05, 0) is 24.1 Å². The molecular weight excluding hydrogens is 270 g/mol. The fraction of sp³-hybridized carbons (Fsp3) is 0.294. The lowest BCUT2D eigenvalue weighted by molar-refractivity contribution is 0.0180. The van der Waals surface area contributed by atoms with Crippen molar-refractivity contribution in [2.45, 2.75) is 18.9 Å². The average Bonchev–Trinajstić information content (AvgIpc) is 2.50. The summed E-state index contributed by atoms with van der Waals surface area (Å²) in [6, 6.07) is 19.6. The Morgan fingerprint density at radius 3 is 1.65 bits per heavy atom. The Hall–Kier alpha value is -1.35. The fourth-order valence-electron chi connectivity index (χ4n) is 2.66. The molecule has 0 spiro atoms. The van der Waals surface area contributed by atoms with Crippen molar-refractivity contribution in [2.24, 2.45) is 11.7 Å². The summed E-state index contributed by atoms with van der Waals surface area (Å²) in [6.45, 7) is 2.52. The summed E-state index contributed by atoms with van der Waals surface area (Å²) in [5.74, 6) is -0.00250. The molecule has 20 heavy (non-hydrogen) atoms. The minimum Gasteiger partial charge on any atom is -0.380 e. The first-order valence-corrected chi connectivity index (χ1v) is 6.77. The molecule has 2 aromatic carbocycles. The number of nitrogens with two attached hydrogens (primary N) is 1. The van der Waals surface area contributed by atoms with Crippen LogP contribution in [0.2, 0.25) is 0 Å². The third-order valence-corrected chi connectivity index (χ3v) is 3.80. The van der Waals surface area contributed by atoms with E-state index in [0.29, 0.717) is 6.54 Å². The SMILES string of the molecule is CCC(CN)C(O)(c1ccccc1)c1ccccc1.Cl. The smallest absolute Gasteiger partial charge is 0.119 e. The number of hydrogen-bond acceptors (Lipinski definition) is 2. The first-order chi connectivity index (χ1) is 9.23. The van der Waals surface area contributed by atoms with Crippen molar-refractivity contribution in [2.75, 3.05) is 6.54 Å². The van der Waals surface area contributed by atoms with Crippen LogP contribution in [0.25, 0.3) is 0 Å². The zero-order valence-corrected chi connectivity index (χ0v) is 12.5. The summed E-state index contributed by atoms with van der Waals surface area (Å²) in [5.41, 5.74) is 6.67. The van der Waals surface area contributed by atoms with Crippen LogP contribution in [0, 0.1) is 5.92 Å². The standard InChI is InChI=1S/C17H21NO.ClH/c1-2-14(13-18)17(19,15-9-5-3-6-10-15)16-11-7-4-8-12-16;/h3-12,14,19H,2,13,18H2,1H3;1H. The quantitative estimate of drug-likeness (QED) is 0.887. The van der Waals surface area contributed by atoms with Crippen LogP contribution in [0.4, 0.5) is 0 Å². The Balaban J connectivity index is 0.00000200. The van der Waals surface area contributed by atoms with Crippen LogP contribution in [-0.2, 0) is 5.60 Å². The van der Waals surface area contributed by atoms with E-state index in [2.05, 4.69) is 6.92 Å². The van der Waals surface area contributed by atoms with Crippen LogP contribution in [0.15, 0.2) is 60.7 Å². The van der Waals surface area contributed by atoms with Crippen molar-refractivity contribution in [3.05, 3.63) is 71.8 Å². The number of rotatable bonds is 5. The van der Waals surface area contributed by atoms with E-state index in [-0.39, 0.29) is 18.3 Å². The van der Waals surface area contributed by atoms with Gasteiger partial charge < -0.3 is 10.8 Å². The maximum atomic E-state index is 11.3. The Morgan fingerprint density at radius 1 is 0.950 bits per heavy atom. The molecule has 2 nitrogen and oxygen atoms in total. The van der Waals surface area contributed by atoms with Gasteiger partial charge in [-0.25, -0.2) is 0 Å². The molecule has 3 N–H and O–H groups in total. The molecule has 1 atom stereocenters. The fourth-order valence-corrected chi connectivity index (χ4v) is 2.66. The molecule has 0 aromatic heterocycles. The molecule has 108 valence electrons. The normalized spacial score (nSPS) is 12.6. The Morgan fingerprint density at radius 2 is 1.35 bits per heavy atom. The van der Waals surface area contributed by atoms with E-state index in [1.165, 1.54) is 0 Å². The zero-order valence-electron chi connectivity index (χ0n) is 11.7. The highest BCUT2D eigenvalue weighted by molar-refractivity contribution is 5.85. The molecule has 2 rings (SSSR count). The molecule has 2 aromatic rings. The number of aliphatic hydroxyl groups is 1. The van der Waals surface area contributed by atoms with Crippen molar-refractivity contribution in [3.63, 3.8) is 0 Å². The van der Waals surface area contributed by atoms with E-state index in [1.807, 2.05) is 60.7 Å². The topological polar surface area (TPSA) is 46.2 Å². The van der Waals surface area contributed by atoms with Gasteiger partial charge in [0.1, 0.15) is 5.60 Å². The Labute approximate surface area is 127 Å². The molecule has 0 heterocycles. The third-order valence-electron chi connectivity index (χ3n) is 3.80. The molecule has 0 aliphatic rings. The Kier molecular flexibility index (Phi) is 6.21. The summed E-state index contributed by atoms with van der Waals surface area (Å²) in [7, 11) is 0. The van der Waals surface area contributed by atoms with Crippen molar-refractivity contribution in [3.8, 4) is 0 Å². The van der Waals surface area contributed by atoms with Gasteiger partial charge in [0.25, 0.3) is 0 Å². The van der Waals surface area contributed by atoms with E-state index in [0.717, 1.165) is 17.5 Å². The zero-order chi connectivity index (χ0) is 13.7. The van der Waals surface area contributed by atoms with Gasteiger partial charge in [-0.1, -0.05) is 67.6 Å². The van der Waals surface area contributed by atoms with Crippen LogP contribution < -0.4 is 5.73 Å². The van der Waals surface area contributed by atoms with Crippen LogP contribution in [0.1, 0.15) is 24.5 Å². The summed E-state index contributed by atoms with van der Waals surface area (Å²) < 4.78 is 0. The van der Waals surface area contributed by atoms with Gasteiger partial charge in [-0.15, -0.1) is 12.4 Å². The molecule has 3 heteroatoms. The molecule has 0 fully saturated rings. The Bertz CT molecular complexity index is 457. The van der Waals surface area contributed by atoms with Crippen molar-refractivity contribution < 1.29 is 5.11 Å². The van der Waals surface area contributed by atoms with Gasteiger partial charge in [0.05, 0.1) is 0 Å². The molecule has 0 saturated carbocycles. The summed E-state index contributed by atoms with van der Waals surface area (Å²) in [6.07, 6.45) is 0.830. The van der Waals surface area contributed by atoms with Crippen molar-refractivity contribution >= 4 is 12.4 Å². The van der Waals surface area contributed by atoms with Gasteiger partial charge in [-0.2, -0.15) is 0 Å². The van der Waals surface area contributed by atoms with Gasteiger partial charge in [0, 0.05) is 5.92 Å². The van der Waals surface area contributed by atoms with E-state index in [4.69, 9.17) is 5.73 Å². The third kappa shape index (κ3) is 3.04. The molecule has 0 saturated heterocycles. The predicted octanol–water partition coefficient (Wildman–Crippen LogP) is 3.33. The van der Waals surface area contributed by atoms with Crippen LogP contribution >= 0.6 is 12.4 Å². The minimum absolute atomic E-state index is 0. The first kappa shape index (κ1) is 16.7. The first-order valence-electron chi connectivity index (χ1n) is 6.77. The maximum absolute atomic E-state index is 11.3. The monoisotopic (exact) mass is 291 g/mol. The van der Waals surface area contributed by atoms with E-state index >= 15 is 0 Å². The second-order valence-electron chi connectivity index (χ2n) is 4.84. The second kappa shape index (κ2) is 7.44. The lowest BCUT2D eigenvalue weighted by Crippen LogP contribution is -2.40. The molecule has 0 amide bonds. The van der Waals surface area contributed by atoms with E-state index in [1.54, 1.807) is 0 Å². The lowest BCUT2D eigenvalue weighted by Gasteiger charge is -2.36. The minimum atomic E-state index is -1.02. The molecule has 1 unspecified atom stereocenters. The summed E-state index contributed by atoms with van der Waals surface area (Å²) >= 11 is 0.